The fourth-order valence-corrected chi connectivity index (χ4v) is 3.03. The minimum absolute atomic E-state index is 0.0413. The van der Waals surface area contributed by atoms with E-state index in [2.05, 4.69) is 12.6 Å². The van der Waals surface area contributed by atoms with Gasteiger partial charge >= 0.3 is 0 Å². The number of benzene rings is 2. The second kappa shape index (κ2) is 4.85. The van der Waals surface area contributed by atoms with Crippen molar-refractivity contribution >= 4 is 0 Å². The summed E-state index contributed by atoms with van der Waals surface area (Å²) in [5, 5.41) is 0. The highest BCUT2D eigenvalue weighted by Crippen LogP contribution is 2.51. The molecule has 2 atom stereocenters. The predicted octanol–water partition coefficient (Wildman–Crippen LogP) is 3.86. The van der Waals surface area contributed by atoms with Gasteiger partial charge in [0.25, 0.3) is 0 Å². The van der Waals surface area contributed by atoms with E-state index in [9.17, 15) is 0 Å². The van der Waals surface area contributed by atoms with Crippen molar-refractivity contribution in [3.05, 3.63) is 66.2 Å². The topological polar surface area (TPSA) is 27.7 Å². The first-order valence-corrected chi connectivity index (χ1v) is 7.13. The van der Waals surface area contributed by atoms with E-state index >= 15 is 0 Å². The highest BCUT2D eigenvalue weighted by atomic mass is 16.5. The van der Waals surface area contributed by atoms with Gasteiger partial charge in [-0.2, -0.15) is 0 Å². The third kappa shape index (κ3) is 1.97. The maximum atomic E-state index is 6.12. The summed E-state index contributed by atoms with van der Waals surface area (Å²) >= 11 is 0. The largest absolute Gasteiger partial charge is 0.492 e. The first-order chi connectivity index (χ1) is 10.4. The second-order valence-corrected chi connectivity index (χ2v) is 5.29. The van der Waals surface area contributed by atoms with E-state index in [0.717, 1.165) is 22.8 Å². The molecular weight excluding hydrogens is 264 g/mol. The summed E-state index contributed by atoms with van der Waals surface area (Å²) in [7, 11) is 0. The zero-order valence-electron chi connectivity index (χ0n) is 11.6. The van der Waals surface area contributed by atoms with Crippen LogP contribution in [-0.2, 0) is 0 Å². The maximum absolute atomic E-state index is 6.12. The fraction of sp³-hybridized carbons (Fsp3) is 0.222. The molecule has 4 rings (SSSR count). The molecule has 2 aliphatic heterocycles. The second-order valence-electron chi connectivity index (χ2n) is 5.29. The van der Waals surface area contributed by atoms with Gasteiger partial charge in [0.2, 0.25) is 0 Å². The Morgan fingerprint density at radius 3 is 2.95 bits per heavy atom. The van der Waals surface area contributed by atoms with E-state index in [-0.39, 0.29) is 12.0 Å². The standard InChI is InChI=1S/C18H16O3/c1-2-9-19-12-7-8-14-17(10-12)20-11-15-13-5-3-4-6-16(13)21-18(14)15/h2-8,10,15,18H,1,9,11H2. The molecule has 2 unspecified atom stereocenters. The Morgan fingerprint density at radius 1 is 1.14 bits per heavy atom. The van der Waals surface area contributed by atoms with Gasteiger partial charge in [-0.05, 0) is 18.2 Å². The Bertz CT molecular complexity index is 693. The zero-order chi connectivity index (χ0) is 14.2. The summed E-state index contributed by atoms with van der Waals surface area (Å²) in [6, 6.07) is 14.1. The molecule has 3 nitrogen and oxygen atoms in total. The van der Waals surface area contributed by atoms with Crippen LogP contribution in [-0.4, -0.2) is 13.2 Å². The molecule has 0 saturated carbocycles. The highest BCUT2D eigenvalue weighted by molar-refractivity contribution is 5.50. The first kappa shape index (κ1) is 12.3. The highest BCUT2D eigenvalue weighted by Gasteiger charge is 2.40. The predicted molar refractivity (Wildman–Crippen MR) is 80.2 cm³/mol. The number of hydrogen-bond acceptors (Lipinski definition) is 3. The van der Waals surface area contributed by atoms with E-state index < -0.39 is 0 Å². The number of fused-ring (bicyclic) bond motifs is 5. The van der Waals surface area contributed by atoms with E-state index in [4.69, 9.17) is 14.2 Å². The summed E-state index contributed by atoms with van der Waals surface area (Å²) in [6.07, 6.45) is 1.77. The van der Waals surface area contributed by atoms with E-state index in [1.807, 2.05) is 36.4 Å². The van der Waals surface area contributed by atoms with E-state index in [0.29, 0.717) is 13.2 Å². The molecule has 2 aromatic rings. The van der Waals surface area contributed by atoms with Crippen molar-refractivity contribution in [2.24, 2.45) is 0 Å². The number of ether oxygens (including phenoxy) is 3. The maximum Gasteiger partial charge on any atom is 0.138 e. The zero-order valence-corrected chi connectivity index (χ0v) is 11.6. The lowest BCUT2D eigenvalue weighted by molar-refractivity contribution is 0.139. The van der Waals surface area contributed by atoms with Crippen LogP contribution in [0.2, 0.25) is 0 Å². The molecule has 0 aromatic heterocycles. The van der Waals surface area contributed by atoms with Crippen LogP contribution >= 0.6 is 0 Å². The van der Waals surface area contributed by atoms with Gasteiger partial charge in [0, 0.05) is 17.2 Å². The van der Waals surface area contributed by atoms with Crippen LogP contribution in [0.5, 0.6) is 17.2 Å². The number of para-hydroxylation sites is 1. The monoisotopic (exact) mass is 280 g/mol. The van der Waals surface area contributed by atoms with Gasteiger partial charge in [0.15, 0.2) is 0 Å². The first-order valence-electron chi connectivity index (χ1n) is 7.13. The third-order valence-electron chi connectivity index (χ3n) is 4.02. The van der Waals surface area contributed by atoms with Gasteiger partial charge in [0.1, 0.15) is 30.0 Å². The minimum atomic E-state index is 0.0413. The molecule has 0 spiro atoms. The molecule has 0 saturated heterocycles. The van der Waals surface area contributed by atoms with Crippen molar-refractivity contribution < 1.29 is 14.2 Å². The summed E-state index contributed by atoms with van der Waals surface area (Å²) in [6.45, 7) is 4.78. The van der Waals surface area contributed by atoms with Gasteiger partial charge < -0.3 is 14.2 Å². The van der Waals surface area contributed by atoms with Crippen molar-refractivity contribution in [3.8, 4) is 17.2 Å². The van der Waals surface area contributed by atoms with Gasteiger partial charge in [-0.15, -0.1) is 0 Å². The van der Waals surface area contributed by atoms with E-state index in [1.54, 1.807) is 6.08 Å². The van der Waals surface area contributed by atoms with Gasteiger partial charge in [-0.1, -0.05) is 30.9 Å². The van der Waals surface area contributed by atoms with Crippen molar-refractivity contribution in [1.29, 1.82) is 0 Å². The molecule has 0 amide bonds. The molecule has 2 heterocycles. The molecule has 0 N–H and O–H groups in total. The Labute approximate surface area is 123 Å². The smallest absolute Gasteiger partial charge is 0.138 e. The fourth-order valence-electron chi connectivity index (χ4n) is 3.03. The molecule has 2 aromatic carbocycles. The van der Waals surface area contributed by atoms with E-state index in [1.165, 1.54) is 5.56 Å². The van der Waals surface area contributed by atoms with Gasteiger partial charge in [-0.3, -0.25) is 0 Å². The lowest BCUT2D eigenvalue weighted by Gasteiger charge is -2.28. The van der Waals surface area contributed by atoms with Gasteiger partial charge in [0.05, 0.1) is 12.5 Å². The van der Waals surface area contributed by atoms with Crippen molar-refractivity contribution in [3.63, 3.8) is 0 Å². The Morgan fingerprint density at radius 2 is 2.05 bits per heavy atom. The van der Waals surface area contributed by atoms with Crippen LogP contribution in [0.4, 0.5) is 0 Å². The minimum Gasteiger partial charge on any atom is -0.492 e. The molecule has 0 bridgehead atoms. The van der Waals surface area contributed by atoms with Gasteiger partial charge in [-0.25, -0.2) is 0 Å². The summed E-state index contributed by atoms with van der Waals surface area (Å²) < 4.78 is 17.6. The quantitative estimate of drug-likeness (QED) is 0.799. The summed E-state index contributed by atoms with van der Waals surface area (Å²) in [5.74, 6) is 2.89. The molecule has 0 aliphatic carbocycles. The summed E-state index contributed by atoms with van der Waals surface area (Å²) in [4.78, 5) is 0. The Balaban J connectivity index is 1.67. The van der Waals surface area contributed by atoms with Crippen molar-refractivity contribution in [1.82, 2.24) is 0 Å². The SMILES string of the molecule is C=CCOc1ccc2c(c1)OCC1c3ccccc3OC21. The summed E-state index contributed by atoms with van der Waals surface area (Å²) in [5.41, 5.74) is 2.33. The molecule has 21 heavy (non-hydrogen) atoms. The van der Waals surface area contributed by atoms with Crippen LogP contribution in [0.3, 0.4) is 0 Å². The average Bonchev–Trinajstić information content (AvgIpc) is 2.91. The molecular formula is C18H16O3. The Hall–Kier alpha value is -2.42. The lowest BCUT2D eigenvalue weighted by atomic mass is 9.89. The van der Waals surface area contributed by atoms with Crippen molar-refractivity contribution in [2.45, 2.75) is 12.0 Å². The number of rotatable bonds is 3. The molecule has 106 valence electrons. The molecule has 2 aliphatic rings. The number of hydrogen-bond donors (Lipinski definition) is 0. The van der Waals surface area contributed by atoms with Crippen LogP contribution in [0, 0.1) is 0 Å². The average molecular weight is 280 g/mol. The molecule has 3 heteroatoms. The molecule has 0 radical (unpaired) electrons. The van der Waals surface area contributed by atoms with Crippen LogP contribution in [0.1, 0.15) is 23.1 Å². The Kier molecular flexibility index (Phi) is 2.85. The lowest BCUT2D eigenvalue weighted by Crippen LogP contribution is -2.23. The third-order valence-corrected chi connectivity index (χ3v) is 4.02. The molecule has 0 fully saturated rings. The van der Waals surface area contributed by atoms with Crippen LogP contribution in [0.25, 0.3) is 0 Å². The van der Waals surface area contributed by atoms with Crippen molar-refractivity contribution in [2.75, 3.05) is 13.2 Å². The normalized spacial score (nSPS) is 21.3. The van der Waals surface area contributed by atoms with Crippen LogP contribution in [0.15, 0.2) is 55.1 Å². The van der Waals surface area contributed by atoms with Crippen LogP contribution < -0.4 is 14.2 Å².